The second-order valence-corrected chi connectivity index (χ2v) is 9.64. The number of halogens is 1. The fourth-order valence-electron chi connectivity index (χ4n) is 3.97. The fraction of sp³-hybridized carbons (Fsp3) is 0. The number of rotatable bonds is 3. The monoisotopic (exact) mass is 492 g/mol. The Kier molecular flexibility index (Phi) is 4.82. The highest BCUT2D eigenvalue weighted by Crippen LogP contribution is 2.36. The Bertz CT molecular complexity index is 1570. The number of hydrogen-bond acceptors (Lipinski definition) is 3. The van der Waals surface area contributed by atoms with Gasteiger partial charge >= 0.3 is 0 Å². The summed E-state index contributed by atoms with van der Waals surface area (Å²) in [6.45, 7) is 0. The molecule has 0 radical (unpaired) electrons. The van der Waals surface area contributed by atoms with Gasteiger partial charge in [-0.25, -0.2) is 9.97 Å². The maximum Gasteiger partial charge on any atom is 0.160 e. The third-order valence-corrected chi connectivity index (χ3v) is 7.25. The number of benzene rings is 4. The molecule has 152 valence electrons. The molecule has 0 atom stereocenters. The van der Waals surface area contributed by atoms with Gasteiger partial charge in [-0.15, -0.1) is 11.3 Å². The van der Waals surface area contributed by atoms with E-state index in [-0.39, 0.29) is 0 Å². The molecule has 0 bridgehead atoms. The minimum absolute atomic E-state index is 0.726. The van der Waals surface area contributed by atoms with E-state index in [1.165, 1.54) is 20.2 Å². The second kappa shape index (κ2) is 7.97. The van der Waals surface area contributed by atoms with E-state index in [1.54, 1.807) is 0 Å². The van der Waals surface area contributed by atoms with E-state index in [0.717, 1.165) is 38.4 Å². The molecule has 0 saturated heterocycles. The Balaban J connectivity index is 1.57. The summed E-state index contributed by atoms with van der Waals surface area (Å²) >= 11 is 5.35. The molecule has 4 aromatic carbocycles. The third kappa shape index (κ3) is 3.52. The molecule has 2 heterocycles. The van der Waals surface area contributed by atoms with Crippen LogP contribution in [0.4, 0.5) is 0 Å². The van der Waals surface area contributed by atoms with Crippen LogP contribution in [0.2, 0.25) is 0 Å². The first kappa shape index (κ1) is 19.4. The van der Waals surface area contributed by atoms with E-state index in [2.05, 4.69) is 76.6 Å². The second-order valence-electron chi connectivity index (χ2n) is 7.64. The van der Waals surface area contributed by atoms with Crippen LogP contribution in [0.15, 0.2) is 108 Å². The maximum absolute atomic E-state index is 4.98. The Morgan fingerprint density at radius 2 is 1.19 bits per heavy atom. The van der Waals surface area contributed by atoms with Gasteiger partial charge in [0.05, 0.1) is 11.4 Å². The van der Waals surface area contributed by atoms with Crippen LogP contribution in [0.1, 0.15) is 0 Å². The summed E-state index contributed by atoms with van der Waals surface area (Å²) in [5, 5.41) is 2.56. The Morgan fingerprint density at radius 3 is 2.00 bits per heavy atom. The zero-order valence-electron chi connectivity index (χ0n) is 17.0. The predicted molar refractivity (Wildman–Crippen MR) is 139 cm³/mol. The fourth-order valence-corrected chi connectivity index (χ4v) is 5.32. The Labute approximate surface area is 198 Å². The molecule has 0 aliphatic rings. The van der Waals surface area contributed by atoms with Gasteiger partial charge < -0.3 is 0 Å². The van der Waals surface area contributed by atoms with Crippen molar-refractivity contribution >= 4 is 47.4 Å². The molecule has 6 rings (SSSR count). The van der Waals surface area contributed by atoms with Crippen molar-refractivity contribution in [1.82, 2.24) is 9.97 Å². The summed E-state index contributed by atoms with van der Waals surface area (Å²) in [7, 11) is 0. The van der Waals surface area contributed by atoms with Crippen LogP contribution in [-0.2, 0) is 0 Å². The van der Waals surface area contributed by atoms with Gasteiger partial charge in [-0.05, 0) is 36.4 Å². The van der Waals surface area contributed by atoms with Crippen molar-refractivity contribution < 1.29 is 0 Å². The van der Waals surface area contributed by atoms with Gasteiger partial charge in [-0.2, -0.15) is 0 Å². The normalized spacial score (nSPS) is 11.3. The van der Waals surface area contributed by atoms with Crippen molar-refractivity contribution in [3.63, 3.8) is 0 Å². The van der Waals surface area contributed by atoms with Crippen LogP contribution in [0.25, 0.3) is 54.1 Å². The lowest BCUT2D eigenvalue weighted by Crippen LogP contribution is -1.95. The molecular formula is C28H17BrN2S. The maximum atomic E-state index is 4.98. The SMILES string of the molecule is Brc1ccc(-c2nc(-c3ccccc3)cc(-c3ccc4sc5ccccc5c4c3)n2)cc1. The van der Waals surface area contributed by atoms with Crippen molar-refractivity contribution in [2.24, 2.45) is 0 Å². The van der Waals surface area contributed by atoms with Crippen LogP contribution in [0.3, 0.4) is 0 Å². The van der Waals surface area contributed by atoms with E-state index in [0.29, 0.717) is 0 Å². The van der Waals surface area contributed by atoms with Crippen molar-refractivity contribution in [2.45, 2.75) is 0 Å². The molecule has 4 heteroatoms. The van der Waals surface area contributed by atoms with Crippen molar-refractivity contribution in [2.75, 3.05) is 0 Å². The molecule has 0 spiro atoms. The summed E-state index contributed by atoms with van der Waals surface area (Å²) in [6.07, 6.45) is 0. The number of aromatic nitrogens is 2. The molecule has 0 fully saturated rings. The zero-order chi connectivity index (χ0) is 21.5. The number of hydrogen-bond donors (Lipinski definition) is 0. The van der Waals surface area contributed by atoms with Crippen LogP contribution in [-0.4, -0.2) is 9.97 Å². The van der Waals surface area contributed by atoms with Crippen molar-refractivity contribution in [3.8, 4) is 33.9 Å². The van der Waals surface area contributed by atoms with E-state index in [4.69, 9.17) is 9.97 Å². The highest BCUT2D eigenvalue weighted by atomic mass is 79.9. The quantitative estimate of drug-likeness (QED) is 0.247. The molecule has 0 N–H and O–H groups in total. The number of fused-ring (bicyclic) bond motifs is 3. The average molecular weight is 493 g/mol. The van der Waals surface area contributed by atoms with Crippen molar-refractivity contribution in [3.05, 3.63) is 108 Å². The van der Waals surface area contributed by atoms with Crippen LogP contribution < -0.4 is 0 Å². The largest absolute Gasteiger partial charge is 0.228 e. The molecule has 2 nitrogen and oxygen atoms in total. The van der Waals surface area contributed by atoms with Crippen LogP contribution >= 0.6 is 27.3 Å². The lowest BCUT2D eigenvalue weighted by Gasteiger charge is -2.10. The minimum atomic E-state index is 0.726. The lowest BCUT2D eigenvalue weighted by molar-refractivity contribution is 1.18. The molecule has 2 aromatic heterocycles. The standard InChI is InChI=1S/C28H17BrN2S/c29-21-13-10-19(11-14-21)28-30-24(18-6-2-1-3-7-18)17-25(31-28)20-12-15-27-23(16-20)22-8-4-5-9-26(22)32-27/h1-17H. The van der Waals surface area contributed by atoms with Gasteiger partial charge in [-0.3, -0.25) is 0 Å². The number of nitrogens with zero attached hydrogens (tertiary/aromatic N) is 2. The van der Waals surface area contributed by atoms with E-state index in [9.17, 15) is 0 Å². The van der Waals surface area contributed by atoms with Crippen LogP contribution in [0, 0.1) is 0 Å². The van der Waals surface area contributed by atoms with Gasteiger partial charge in [-0.1, -0.05) is 82.7 Å². The molecule has 32 heavy (non-hydrogen) atoms. The molecule has 0 amide bonds. The van der Waals surface area contributed by atoms with E-state index < -0.39 is 0 Å². The minimum Gasteiger partial charge on any atom is -0.228 e. The first-order valence-corrected chi connectivity index (χ1v) is 12.0. The topological polar surface area (TPSA) is 25.8 Å². The number of thiophene rings is 1. The van der Waals surface area contributed by atoms with Crippen LogP contribution in [0.5, 0.6) is 0 Å². The lowest BCUT2D eigenvalue weighted by atomic mass is 10.0. The third-order valence-electron chi connectivity index (χ3n) is 5.57. The molecule has 6 aromatic rings. The predicted octanol–water partition coefficient (Wildman–Crippen LogP) is 8.61. The van der Waals surface area contributed by atoms with Gasteiger partial charge in [0.2, 0.25) is 0 Å². The molecule has 0 aliphatic heterocycles. The summed E-state index contributed by atoms with van der Waals surface area (Å²) in [6, 6.07) is 35.7. The van der Waals surface area contributed by atoms with Gasteiger partial charge in [0.25, 0.3) is 0 Å². The average Bonchev–Trinajstić information content (AvgIpc) is 3.23. The molecule has 0 saturated carbocycles. The van der Waals surface area contributed by atoms with Gasteiger partial charge in [0, 0.05) is 41.3 Å². The first-order valence-electron chi connectivity index (χ1n) is 10.4. The molecule has 0 unspecified atom stereocenters. The van der Waals surface area contributed by atoms with E-state index >= 15 is 0 Å². The Morgan fingerprint density at radius 1 is 0.531 bits per heavy atom. The smallest absolute Gasteiger partial charge is 0.160 e. The van der Waals surface area contributed by atoms with Gasteiger partial charge in [0.1, 0.15) is 0 Å². The van der Waals surface area contributed by atoms with E-state index in [1.807, 2.05) is 53.8 Å². The highest BCUT2D eigenvalue weighted by Gasteiger charge is 2.12. The summed E-state index contributed by atoms with van der Waals surface area (Å²) in [4.78, 5) is 9.88. The van der Waals surface area contributed by atoms with Gasteiger partial charge in [0.15, 0.2) is 5.82 Å². The summed E-state index contributed by atoms with van der Waals surface area (Å²) in [5.41, 5.74) is 5.02. The molecular weight excluding hydrogens is 476 g/mol. The zero-order valence-corrected chi connectivity index (χ0v) is 19.4. The molecule has 0 aliphatic carbocycles. The Hall–Kier alpha value is -3.34. The summed E-state index contributed by atoms with van der Waals surface area (Å²) < 4.78 is 3.64. The summed E-state index contributed by atoms with van der Waals surface area (Å²) in [5.74, 6) is 0.726. The highest BCUT2D eigenvalue weighted by molar-refractivity contribution is 9.10. The van der Waals surface area contributed by atoms with Crippen molar-refractivity contribution in [1.29, 1.82) is 0 Å². The first-order chi connectivity index (χ1) is 15.7.